The van der Waals surface area contributed by atoms with E-state index in [1.54, 1.807) is 23.1 Å². The van der Waals surface area contributed by atoms with Gasteiger partial charge in [-0.1, -0.05) is 12.1 Å². The second-order valence-electron chi connectivity index (χ2n) is 5.30. The maximum absolute atomic E-state index is 13.1. The van der Waals surface area contributed by atoms with Crippen LogP contribution in [0.4, 0.5) is 10.1 Å². The van der Waals surface area contributed by atoms with E-state index in [1.807, 2.05) is 18.2 Å². The Morgan fingerprint density at radius 3 is 2.64 bits per heavy atom. The van der Waals surface area contributed by atoms with Gasteiger partial charge < -0.3 is 15.4 Å². The van der Waals surface area contributed by atoms with E-state index in [2.05, 4.69) is 0 Å². The molecule has 2 N–H and O–H groups in total. The highest BCUT2D eigenvalue weighted by atomic mass is 19.1. The number of rotatable bonds is 4. The van der Waals surface area contributed by atoms with Crippen molar-refractivity contribution in [1.82, 2.24) is 0 Å². The SMILES string of the molecule is N[C@H]1CCN(c2ccc(OCc3cccc(F)c3)cc2)C1=O. The highest BCUT2D eigenvalue weighted by molar-refractivity contribution is 5.99. The second-order valence-corrected chi connectivity index (χ2v) is 5.30. The molecule has 2 aromatic rings. The average Bonchev–Trinajstić information content (AvgIpc) is 2.86. The summed E-state index contributed by atoms with van der Waals surface area (Å²) in [5.41, 5.74) is 7.30. The molecule has 1 aliphatic rings. The first-order valence-electron chi connectivity index (χ1n) is 7.18. The van der Waals surface area contributed by atoms with Crippen molar-refractivity contribution >= 4 is 11.6 Å². The molecule has 0 saturated carbocycles. The fourth-order valence-corrected chi connectivity index (χ4v) is 2.47. The number of nitrogens with two attached hydrogens (primary N) is 1. The smallest absolute Gasteiger partial charge is 0.243 e. The number of hydrogen-bond donors (Lipinski definition) is 1. The van der Waals surface area contributed by atoms with Gasteiger partial charge in [0.2, 0.25) is 5.91 Å². The van der Waals surface area contributed by atoms with Gasteiger partial charge in [0.15, 0.2) is 0 Å². The van der Waals surface area contributed by atoms with Crippen LogP contribution in [0.15, 0.2) is 48.5 Å². The van der Waals surface area contributed by atoms with Crippen LogP contribution in [0, 0.1) is 5.82 Å². The van der Waals surface area contributed by atoms with Crippen molar-refractivity contribution in [3.05, 3.63) is 59.9 Å². The van der Waals surface area contributed by atoms with Crippen molar-refractivity contribution in [2.45, 2.75) is 19.1 Å². The van der Waals surface area contributed by atoms with E-state index in [9.17, 15) is 9.18 Å². The summed E-state index contributed by atoms with van der Waals surface area (Å²) in [5, 5.41) is 0. The molecule has 1 amide bonds. The van der Waals surface area contributed by atoms with Gasteiger partial charge in [-0.2, -0.15) is 0 Å². The lowest BCUT2D eigenvalue weighted by atomic mass is 10.2. The summed E-state index contributed by atoms with van der Waals surface area (Å²) >= 11 is 0. The minimum Gasteiger partial charge on any atom is -0.489 e. The summed E-state index contributed by atoms with van der Waals surface area (Å²) in [5.74, 6) is 0.345. The third-order valence-corrected chi connectivity index (χ3v) is 3.69. The minimum absolute atomic E-state index is 0.0478. The maximum Gasteiger partial charge on any atom is 0.243 e. The normalized spacial score (nSPS) is 17.8. The first-order chi connectivity index (χ1) is 10.6. The van der Waals surface area contributed by atoms with Crippen LogP contribution in [0.3, 0.4) is 0 Å². The summed E-state index contributed by atoms with van der Waals surface area (Å²) in [6.07, 6.45) is 0.677. The first-order valence-corrected chi connectivity index (χ1v) is 7.18. The summed E-state index contributed by atoms with van der Waals surface area (Å²) in [6, 6.07) is 13.2. The van der Waals surface area contributed by atoms with Crippen LogP contribution in [-0.4, -0.2) is 18.5 Å². The molecular formula is C17H17FN2O2. The molecule has 1 heterocycles. The Kier molecular flexibility index (Phi) is 4.06. The molecular weight excluding hydrogens is 283 g/mol. The number of carbonyl (C=O) groups excluding carboxylic acids is 1. The van der Waals surface area contributed by atoms with Gasteiger partial charge in [0.05, 0.1) is 6.04 Å². The van der Waals surface area contributed by atoms with Crippen molar-refractivity contribution < 1.29 is 13.9 Å². The lowest BCUT2D eigenvalue weighted by Gasteiger charge is -2.16. The summed E-state index contributed by atoms with van der Waals surface area (Å²) < 4.78 is 18.7. The van der Waals surface area contributed by atoms with E-state index in [0.29, 0.717) is 25.3 Å². The lowest BCUT2D eigenvalue weighted by molar-refractivity contribution is -0.118. The highest BCUT2D eigenvalue weighted by Crippen LogP contribution is 2.24. The molecule has 1 atom stereocenters. The third kappa shape index (κ3) is 3.09. The zero-order valence-corrected chi connectivity index (χ0v) is 12.0. The summed E-state index contributed by atoms with van der Waals surface area (Å²) in [6.45, 7) is 0.939. The number of nitrogens with zero attached hydrogens (tertiary/aromatic N) is 1. The molecule has 0 unspecified atom stereocenters. The zero-order valence-electron chi connectivity index (χ0n) is 12.0. The zero-order chi connectivity index (χ0) is 15.5. The Labute approximate surface area is 128 Å². The van der Waals surface area contributed by atoms with E-state index in [0.717, 1.165) is 11.3 Å². The molecule has 0 bridgehead atoms. The molecule has 1 aliphatic heterocycles. The fraction of sp³-hybridized carbons (Fsp3) is 0.235. The standard InChI is InChI=1S/C17H17FN2O2/c18-13-3-1-2-12(10-13)11-22-15-6-4-14(5-7-15)20-9-8-16(19)17(20)21/h1-7,10,16H,8-9,11,19H2/t16-/m0/s1. The monoisotopic (exact) mass is 300 g/mol. The van der Waals surface area contributed by atoms with Gasteiger partial charge >= 0.3 is 0 Å². The topological polar surface area (TPSA) is 55.6 Å². The van der Waals surface area contributed by atoms with Gasteiger partial charge in [-0.3, -0.25) is 4.79 Å². The second kappa shape index (κ2) is 6.15. The summed E-state index contributed by atoms with van der Waals surface area (Å²) in [7, 11) is 0. The third-order valence-electron chi connectivity index (χ3n) is 3.69. The van der Waals surface area contributed by atoms with Gasteiger partial charge in [-0.15, -0.1) is 0 Å². The minimum atomic E-state index is -0.399. The van der Waals surface area contributed by atoms with E-state index < -0.39 is 6.04 Å². The number of halogens is 1. The van der Waals surface area contributed by atoms with Crippen molar-refractivity contribution in [1.29, 1.82) is 0 Å². The van der Waals surface area contributed by atoms with Crippen LogP contribution in [0.2, 0.25) is 0 Å². The fourth-order valence-electron chi connectivity index (χ4n) is 2.47. The molecule has 1 saturated heterocycles. The average molecular weight is 300 g/mol. The van der Waals surface area contributed by atoms with Gasteiger partial charge in [0.1, 0.15) is 18.2 Å². The number of hydrogen-bond acceptors (Lipinski definition) is 3. The van der Waals surface area contributed by atoms with Crippen LogP contribution in [0.25, 0.3) is 0 Å². The molecule has 0 spiro atoms. The first kappa shape index (κ1) is 14.5. The Morgan fingerprint density at radius 1 is 1.23 bits per heavy atom. The van der Waals surface area contributed by atoms with Crippen molar-refractivity contribution in [2.24, 2.45) is 5.73 Å². The number of benzene rings is 2. The Balaban J connectivity index is 1.63. The molecule has 1 fully saturated rings. The number of amides is 1. The molecule has 0 aliphatic carbocycles. The highest BCUT2D eigenvalue weighted by Gasteiger charge is 2.29. The molecule has 0 aromatic heterocycles. The van der Waals surface area contributed by atoms with Crippen molar-refractivity contribution in [3.8, 4) is 5.75 Å². The Morgan fingerprint density at radius 2 is 2.00 bits per heavy atom. The predicted octanol–water partition coefficient (Wildman–Crippen LogP) is 2.47. The quantitative estimate of drug-likeness (QED) is 0.943. The Hall–Kier alpha value is -2.40. The van der Waals surface area contributed by atoms with E-state index in [4.69, 9.17) is 10.5 Å². The van der Waals surface area contributed by atoms with E-state index in [1.165, 1.54) is 12.1 Å². The molecule has 2 aromatic carbocycles. The van der Waals surface area contributed by atoms with Gasteiger partial charge in [-0.05, 0) is 48.4 Å². The summed E-state index contributed by atoms with van der Waals surface area (Å²) in [4.78, 5) is 13.5. The van der Waals surface area contributed by atoms with Crippen LogP contribution < -0.4 is 15.4 Å². The molecule has 0 radical (unpaired) electrons. The van der Waals surface area contributed by atoms with E-state index in [-0.39, 0.29) is 11.7 Å². The number of anilines is 1. The molecule has 114 valence electrons. The lowest BCUT2D eigenvalue weighted by Crippen LogP contribution is -2.33. The molecule has 3 rings (SSSR count). The van der Waals surface area contributed by atoms with Gasteiger partial charge in [-0.25, -0.2) is 4.39 Å². The predicted molar refractivity (Wildman–Crippen MR) is 82.1 cm³/mol. The number of ether oxygens (including phenoxy) is 1. The largest absolute Gasteiger partial charge is 0.489 e. The van der Waals surface area contributed by atoms with Crippen LogP contribution in [0.1, 0.15) is 12.0 Å². The van der Waals surface area contributed by atoms with Crippen LogP contribution in [-0.2, 0) is 11.4 Å². The maximum atomic E-state index is 13.1. The molecule has 5 heteroatoms. The van der Waals surface area contributed by atoms with Gasteiger partial charge in [0.25, 0.3) is 0 Å². The van der Waals surface area contributed by atoms with Crippen molar-refractivity contribution in [2.75, 3.05) is 11.4 Å². The van der Waals surface area contributed by atoms with Crippen LogP contribution in [0.5, 0.6) is 5.75 Å². The van der Waals surface area contributed by atoms with Gasteiger partial charge in [0, 0.05) is 12.2 Å². The number of carbonyl (C=O) groups is 1. The van der Waals surface area contributed by atoms with Crippen LogP contribution >= 0.6 is 0 Å². The Bertz CT molecular complexity index is 673. The van der Waals surface area contributed by atoms with Crippen molar-refractivity contribution in [3.63, 3.8) is 0 Å². The van der Waals surface area contributed by atoms with E-state index >= 15 is 0 Å². The molecule has 4 nitrogen and oxygen atoms in total. The molecule has 22 heavy (non-hydrogen) atoms.